The van der Waals surface area contributed by atoms with Gasteiger partial charge in [-0.2, -0.15) is 10.2 Å². The van der Waals surface area contributed by atoms with Crippen molar-refractivity contribution < 1.29 is 9.59 Å². The molecule has 1 saturated carbocycles. The first-order valence-electron chi connectivity index (χ1n) is 18.4. The number of hydrogen-bond donors (Lipinski definition) is 4. The van der Waals surface area contributed by atoms with E-state index in [-0.39, 0.29) is 23.7 Å². The fraction of sp³-hybridized carbons (Fsp3) is 0.450. The zero-order valence-corrected chi connectivity index (χ0v) is 28.7. The number of carbonyl (C=O) groups excluding carboxylic acids is 2. The third-order valence-electron chi connectivity index (χ3n) is 10.7. The minimum Gasteiger partial charge on any atom is -0.317 e. The zero-order valence-electron chi connectivity index (χ0n) is 28.7. The molecule has 4 heterocycles. The van der Waals surface area contributed by atoms with Crippen LogP contribution in [0.15, 0.2) is 72.8 Å². The first-order chi connectivity index (χ1) is 24.6. The summed E-state index contributed by atoms with van der Waals surface area (Å²) in [5.41, 5.74) is 6.56. The molecule has 3 aliphatic rings. The summed E-state index contributed by atoms with van der Waals surface area (Å²) in [6.45, 7) is 4.26. The summed E-state index contributed by atoms with van der Waals surface area (Å²) in [5, 5.41) is 30.3. The number of rotatable bonds is 10. The maximum Gasteiger partial charge on any atom is 0.229 e. The van der Waals surface area contributed by atoms with Crippen molar-refractivity contribution in [1.82, 2.24) is 31.0 Å². The van der Waals surface area contributed by atoms with Crippen molar-refractivity contribution in [3.05, 3.63) is 106 Å². The minimum atomic E-state index is -0.0979. The van der Waals surface area contributed by atoms with E-state index in [1.165, 1.54) is 11.1 Å². The lowest BCUT2D eigenvalue weighted by molar-refractivity contribution is -0.116. The van der Waals surface area contributed by atoms with Crippen LogP contribution in [0.4, 0.5) is 11.6 Å². The lowest BCUT2D eigenvalue weighted by Gasteiger charge is -2.28. The van der Waals surface area contributed by atoms with Gasteiger partial charge in [-0.1, -0.05) is 55.0 Å². The quantitative estimate of drug-likeness (QED) is 0.161. The maximum atomic E-state index is 12.8. The van der Waals surface area contributed by atoms with Crippen molar-refractivity contribution in [3.8, 4) is 0 Å². The van der Waals surface area contributed by atoms with Gasteiger partial charge in [0.15, 0.2) is 11.6 Å². The molecule has 2 saturated heterocycles. The highest BCUT2D eigenvalue weighted by Crippen LogP contribution is 2.40. The number of hydrogen-bond acceptors (Lipinski definition) is 8. The monoisotopic (exact) mass is 672 g/mol. The standard InChI is InChI=1S/C40H48N8O2/c49-39(24-27-4-8-29(9-5-27)31-16-20-41-21-17-31)43-37-14-12-35(45-47-37)33-2-1-3-34(26-33)36-13-15-38(48-46-36)44-40(50)25-28-6-10-30(11-7-28)32-18-22-42-23-19-32/h4-15,31-34,41-42H,1-3,16-26H2,(H,43,47,49)(H,44,48,50)/t33-,34-/m1/s1. The Hall–Kier alpha value is -4.54. The van der Waals surface area contributed by atoms with Crippen molar-refractivity contribution in [3.63, 3.8) is 0 Å². The van der Waals surface area contributed by atoms with E-state index in [4.69, 9.17) is 0 Å². The number of nitrogens with zero attached hydrogens (tertiary/aromatic N) is 4. The third-order valence-corrected chi connectivity index (χ3v) is 10.7. The normalized spacial score (nSPS) is 20.2. The summed E-state index contributed by atoms with van der Waals surface area (Å²) in [5.74, 6) is 2.45. The molecule has 2 aliphatic heterocycles. The number of amides is 2. The molecule has 2 atom stereocenters. The van der Waals surface area contributed by atoms with Crippen LogP contribution in [-0.2, 0) is 22.4 Å². The van der Waals surface area contributed by atoms with Crippen LogP contribution in [0.5, 0.6) is 0 Å². The van der Waals surface area contributed by atoms with E-state index in [0.29, 0.717) is 36.3 Å². The zero-order chi connectivity index (χ0) is 34.1. The van der Waals surface area contributed by atoms with Gasteiger partial charge in [-0.3, -0.25) is 9.59 Å². The average Bonchev–Trinajstić information content (AvgIpc) is 3.17. The van der Waals surface area contributed by atoms with Crippen molar-refractivity contribution >= 4 is 23.5 Å². The Morgan fingerprint density at radius 3 is 1.32 bits per heavy atom. The Bertz CT molecular complexity index is 1570. The number of aromatic nitrogens is 4. The van der Waals surface area contributed by atoms with Crippen LogP contribution in [0.2, 0.25) is 0 Å². The molecule has 7 rings (SSSR count). The number of anilines is 2. The van der Waals surface area contributed by atoms with E-state index < -0.39 is 0 Å². The van der Waals surface area contributed by atoms with Crippen LogP contribution in [0.25, 0.3) is 0 Å². The van der Waals surface area contributed by atoms with Gasteiger partial charge in [-0.25, -0.2) is 0 Å². The summed E-state index contributed by atoms with van der Waals surface area (Å²) in [7, 11) is 0. The molecular formula is C40H48N8O2. The summed E-state index contributed by atoms with van der Waals surface area (Å²) in [6.07, 6.45) is 9.27. The molecule has 4 N–H and O–H groups in total. The third kappa shape index (κ3) is 8.97. The number of nitrogens with one attached hydrogen (secondary N) is 4. The maximum absolute atomic E-state index is 12.8. The highest BCUT2D eigenvalue weighted by Gasteiger charge is 2.27. The van der Waals surface area contributed by atoms with E-state index >= 15 is 0 Å². The van der Waals surface area contributed by atoms with Gasteiger partial charge < -0.3 is 21.3 Å². The molecule has 2 aromatic carbocycles. The van der Waals surface area contributed by atoms with Gasteiger partial charge in [0.2, 0.25) is 11.8 Å². The van der Waals surface area contributed by atoms with Gasteiger partial charge in [0.25, 0.3) is 0 Å². The van der Waals surface area contributed by atoms with E-state index in [9.17, 15) is 9.59 Å². The van der Waals surface area contributed by atoms with Crippen molar-refractivity contribution in [2.24, 2.45) is 0 Å². The molecule has 0 bridgehead atoms. The second kappa shape index (κ2) is 16.4. The molecule has 0 spiro atoms. The van der Waals surface area contributed by atoms with Gasteiger partial charge in [0.05, 0.1) is 24.2 Å². The van der Waals surface area contributed by atoms with Gasteiger partial charge in [0, 0.05) is 11.8 Å². The molecule has 50 heavy (non-hydrogen) atoms. The van der Waals surface area contributed by atoms with Crippen LogP contribution in [0.1, 0.15) is 109 Å². The van der Waals surface area contributed by atoms with Gasteiger partial charge >= 0.3 is 0 Å². The van der Waals surface area contributed by atoms with Gasteiger partial charge in [-0.05, 0) is 129 Å². The minimum absolute atomic E-state index is 0.0979. The fourth-order valence-corrected chi connectivity index (χ4v) is 7.85. The smallest absolute Gasteiger partial charge is 0.229 e. The van der Waals surface area contributed by atoms with Gasteiger partial charge in [0.1, 0.15) is 0 Å². The average molecular weight is 673 g/mol. The molecular weight excluding hydrogens is 624 g/mol. The molecule has 2 aromatic heterocycles. The van der Waals surface area contributed by atoms with Crippen LogP contribution < -0.4 is 21.3 Å². The Balaban J connectivity index is 0.870. The Morgan fingerprint density at radius 2 is 0.940 bits per heavy atom. The molecule has 3 fully saturated rings. The fourth-order valence-electron chi connectivity index (χ4n) is 7.85. The Labute approximate surface area is 294 Å². The first kappa shape index (κ1) is 33.9. The van der Waals surface area contributed by atoms with Crippen molar-refractivity contribution in [2.75, 3.05) is 36.8 Å². The number of carbonyl (C=O) groups is 2. The summed E-state index contributed by atoms with van der Waals surface area (Å²) in [6, 6.07) is 24.6. The predicted octanol–water partition coefficient (Wildman–Crippen LogP) is 6.00. The van der Waals surface area contributed by atoms with E-state index in [1.54, 1.807) is 0 Å². The lowest BCUT2D eigenvalue weighted by Crippen LogP contribution is -2.26. The first-order valence-corrected chi connectivity index (χ1v) is 18.4. The Morgan fingerprint density at radius 1 is 0.520 bits per heavy atom. The highest BCUT2D eigenvalue weighted by atomic mass is 16.2. The molecule has 0 radical (unpaired) electrons. The second-order valence-corrected chi connectivity index (χ2v) is 14.2. The van der Waals surface area contributed by atoms with Crippen molar-refractivity contribution in [1.29, 1.82) is 0 Å². The van der Waals surface area contributed by atoms with Gasteiger partial charge in [-0.15, -0.1) is 10.2 Å². The molecule has 10 heteroatoms. The van der Waals surface area contributed by atoms with Crippen LogP contribution in [0.3, 0.4) is 0 Å². The predicted molar refractivity (Wildman–Crippen MR) is 195 cm³/mol. The molecule has 2 amide bonds. The lowest BCUT2D eigenvalue weighted by atomic mass is 9.78. The SMILES string of the molecule is O=C(Cc1ccc(C2CCNCC2)cc1)Nc1ccc([C@@H]2CCC[C@@H](c3ccc(NC(=O)Cc4ccc(C5CCNCC5)cc4)nn3)C2)nn1. The van der Waals surface area contributed by atoms with E-state index in [2.05, 4.69) is 90.2 Å². The molecule has 10 nitrogen and oxygen atoms in total. The largest absolute Gasteiger partial charge is 0.317 e. The van der Waals surface area contributed by atoms with Crippen LogP contribution in [0, 0.1) is 0 Å². The van der Waals surface area contributed by atoms with Crippen molar-refractivity contribution in [2.45, 2.75) is 87.9 Å². The Kier molecular flexibility index (Phi) is 11.2. The van der Waals surface area contributed by atoms with E-state index in [0.717, 1.165) is 100 Å². The summed E-state index contributed by atoms with van der Waals surface area (Å²) in [4.78, 5) is 25.5. The molecule has 0 unspecified atom stereocenters. The number of piperidine rings is 2. The summed E-state index contributed by atoms with van der Waals surface area (Å²) >= 11 is 0. The highest BCUT2D eigenvalue weighted by molar-refractivity contribution is 5.91. The molecule has 1 aliphatic carbocycles. The summed E-state index contributed by atoms with van der Waals surface area (Å²) < 4.78 is 0. The second-order valence-electron chi connectivity index (χ2n) is 14.2. The number of benzene rings is 2. The van der Waals surface area contributed by atoms with Crippen LogP contribution in [-0.4, -0.2) is 58.4 Å². The molecule has 4 aromatic rings. The van der Waals surface area contributed by atoms with Crippen LogP contribution >= 0.6 is 0 Å². The van der Waals surface area contributed by atoms with E-state index in [1.807, 2.05) is 24.3 Å². The topological polar surface area (TPSA) is 134 Å². The molecule has 260 valence electrons.